The van der Waals surface area contributed by atoms with E-state index in [9.17, 15) is 4.79 Å². The number of nitrogens with one attached hydrogen (secondary N) is 1. The Kier molecular flexibility index (Phi) is 5.22. The Hall–Kier alpha value is -1.76. The van der Waals surface area contributed by atoms with Crippen LogP contribution in [0.15, 0.2) is 18.2 Å². The molecule has 2 aromatic rings. The molecule has 2 bridgehead atoms. The van der Waals surface area contributed by atoms with Crippen molar-refractivity contribution in [3.05, 3.63) is 29.5 Å². The molecule has 3 atom stereocenters. The molecule has 0 spiro atoms. The molecule has 2 aliphatic heterocycles. The van der Waals surface area contributed by atoms with Crippen LogP contribution in [0.3, 0.4) is 0 Å². The molecule has 25 heavy (non-hydrogen) atoms. The van der Waals surface area contributed by atoms with Crippen molar-refractivity contribution in [1.29, 1.82) is 0 Å². The van der Waals surface area contributed by atoms with Gasteiger partial charge in [-0.3, -0.25) is 4.90 Å². The molecule has 1 aromatic carbocycles. The summed E-state index contributed by atoms with van der Waals surface area (Å²) in [5.41, 5.74) is 3.28. The van der Waals surface area contributed by atoms with Crippen molar-refractivity contribution in [3.63, 3.8) is 0 Å². The van der Waals surface area contributed by atoms with Gasteiger partial charge in [0.05, 0.1) is 13.7 Å². The van der Waals surface area contributed by atoms with Crippen molar-refractivity contribution in [2.45, 2.75) is 18.4 Å². The first-order valence-electron chi connectivity index (χ1n) is 8.32. The van der Waals surface area contributed by atoms with E-state index in [1.165, 1.54) is 5.56 Å². The Bertz CT molecular complexity index is 776. The topological polar surface area (TPSA) is 63.8 Å². The fourth-order valence-electron chi connectivity index (χ4n) is 4.01. The average molecular weight is 367 g/mol. The van der Waals surface area contributed by atoms with Crippen LogP contribution >= 0.6 is 12.4 Å². The van der Waals surface area contributed by atoms with Crippen LogP contribution in [0, 0.1) is 0 Å². The first-order chi connectivity index (χ1) is 11.7. The summed E-state index contributed by atoms with van der Waals surface area (Å²) in [6.07, 6.45) is 1.07. The third-order valence-electron chi connectivity index (χ3n) is 5.10. The molecule has 7 heteroatoms. The Morgan fingerprint density at radius 1 is 1.32 bits per heavy atom. The largest absolute Gasteiger partial charge is 0.497 e. The number of rotatable bonds is 5. The first-order valence-corrected chi connectivity index (χ1v) is 8.32. The number of carbonyl (C=O) groups excluding carboxylic acids is 1. The zero-order chi connectivity index (χ0) is 16.7. The predicted octanol–water partition coefficient (Wildman–Crippen LogP) is 2.63. The number of hydrogen-bond acceptors (Lipinski definition) is 5. The van der Waals surface area contributed by atoms with Gasteiger partial charge in [-0.1, -0.05) is 0 Å². The van der Waals surface area contributed by atoms with Crippen LogP contribution in [0.1, 0.15) is 29.6 Å². The molecule has 2 aliphatic rings. The number of fused-ring (bicyclic) bond motifs is 6. The summed E-state index contributed by atoms with van der Waals surface area (Å²) < 4.78 is 15.8. The number of esters is 1. The SMILES string of the molecule is COCCOC(=O)C1c2[nH]c3ccc(OC)cc3c2C2CCN1C2.Cl. The Morgan fingerprint density at radius 2 is 2.16 bits per heavy atom. The number of ether oxygens (including phenoxy) is 3. The van der Waals surface area contributed by atoms with Gasteiger partial charge >= 0.3 is 5.97 Å². The number of halogens is 1. The second-order valence-corrected chi connectivity index (χ2v) is 6.41. The zero-order valence-electron chi connectivity index (χ0n) is 14.4. The highest BCUT2D eigenvalue weighted by atomic mass is 35.5. The fourth-order valence-corrected chi connectivity index (χ4v) is 4.01. The van der Waals surface area contributed by atoms with E-state index in [0.717, 1.165) is 41.9 Å². The molecule has 6 nitrogen and oxygen atoms in total. The van der Waals surface area contributed by atoms with Crippen molar-refractivity contribution < 1.29 is 19.0 Å². The van der Waals surface area contributed by atoms with Gasteiger partial charge in [0.25, 0.3) is 0 Å². The Labute approximate surface area is 152 Å². The van der Waals surface area contributed by atoms with Gasteiger partial charge in [-0.05, 0) is 36.7 Å². The molecule has 0 saturated carbocycles. The lowest BCUT2D eigenvalue weighted by Crippen LogP contribution is -2.37. The second-order valence-electron chi connectivity index (χ2n) is 6.41. The third kappa shape index (κ3) is 2.99. The minimum absolute atomic E-state index is 0. The number of methoxy groups -OCH3 is 2. The van der Waals surface area contributed by atoms with Crippen molar-refractivity contribution >= 4 is 29.3 Å². The van der Waals surface area contributed by atoms with Gasteiger partial charge in [0.1, 0.15) is 18.4 Å². The summed E-state index contributed by atoms with van der Waals surface area (Å²) >= 11 is 0. The summed E-state index contributed by atoms with van der Waals surface area (Å²) in [5, 5.41) is 1.16. The van der Waals surface area contributed by atoms with Crippen molar-refractivity contribution in [3.8, 4) is 5.75 Å². The molecule has 136 valence electrons. The van der Waals surface area contributed by atoms with Gasteiger partial charge in [-0.15, -0.1) is 12.4 Å². The van der Waals surface area contributed by atoms with Crippen LogP contribution in [0.25, 0.3) is 10.9 Å². The third-order valence-corrected chi connectivity index (χ3v) is 5.10. The van der Waals surface area contributed by atoms with E-state index in [0.29, 0.717) is 12.5 Å². The van der Waals surface area contributed by atoms with E-state index in [1.807, 2.05) is 12.1 Å². The molecule has 1 saturated heterocycles. The monoisotopic (exact) mass is 366 g/mol. The maximum atomic E-state index is 12.7. The molecule has 0 radical (unpaired) electrons. The van der Waals surface area contributed by atoms with E-state index >= 15 is 0 Å². The maximum Gasteiger partial charge on any atom is 0.329 e. The summed E-state index contributed by atoms with van der Waals surface area (Å²) in [5.74, 6) is 1.10. The lowest BCUT2D eigenvalue weighted by molar-refractivity contribution is -0.151. The second kappa shape index (κ2) is 7.23. The molecule has 3 heterocycles. The highest BCUT2D eigenvalue weighted by Gasteiger charge is 2.44. The smallest absolute Gasteiger partial charge is 0.329 e. The van der Waals surface area contributed by atoms with E-state index in [4.69, 9.17) is 14.2 Å². The van der Waals surface area contributed by atoms with Crippen LogP contribution in [0.2, 0.25) is 0 Å². The number of carbonyl (C=O) groups is 1. The molecule has 0 aliphatic carbocycles. The van der Waals surface area contributed by atoms with Gasteiger partial charge in [0.2, 0.25) is 0 Å². The lowest BCUT2D eigenvalue weighted by atomic mass is 9.90. The van der Waals surface area contributed by atoms with Gasteiger partial charge in [-0.25, -0.2) is 4.79 Å². The zero-order valence-corrected chi connectivity index (χ0v) is 15.2. The van der Waals surface area contributed by atoms with Crippen molar-refractivity contribution in [1.82, 2.24) is 9.88 Å². The molecule has 3 unspecified atom stereocenters. The van der Waals surface area contributed by atoms with Crippen LogP contribution in [0.4, 0.5) is 0 Å². The molecule has 1 N–H and O–H groups in total. The highest BCUT2D eigenvalue weighted by Crippen LogP contribution is 2.46. The maximum absolute atomic E-state index is 12.7. The molecule has 0 amide bonds. The molecular weight excluding hydrogens is 344 g/mol. The number of aromatic nitrogens is 1. The van der Waals surface area contributed by atoms with Crippen molar-refractivity contribution in [2.24, 2.45) is 0 Å². The minimum Gasteiger partial charge on any atom is -0.497 e. The minimum atomic E-state index is -0.353. The van der Waals surface area contributed by atoms with Crippen LogP contribution < -0.4 is 4.74 Å². The normalized spacial score (nSPS) is 23.8. The highest BCUT2D eigenvalue weighted by molar-refractivity contribution is 5.90. The van der Waals surface area contributed by atoms with E-state index in [-0.39, 0.29) is 31.0 Å². The number of H-pyrrole nitrogens is 1. The van der Waals surface area contributed by atoms with Crippen LogP contribution in [-0.4, -0.2) is 56.4 Å². The predicted molar refractivity (Wildman–Crippen MR) is 96.6 cm³/mol. The fraction of sp³-hybridized carbons (Fsp3) is 0.500. The lowest BCUT2D eigenvalue weighted by Gasteiger charge is -2.30. The Balaban J connectivity index is 0.00000182. The molecular formula is C18H23ClN2O4. The number of nitrogens with zero attached hydrogens (tertiary/aromatic N) is 1. The molecule has 1 aromatic heterocycles. The Morgan fingerprint density at radius 3 is 2.92 bits per heavy atom. The number of hydrogen-bond donors (Lipinski definition) is 1. The number of aromatic amines is 1. The van der Waals surface area contributed by atoms with Crippen LogP contribution in [-0.2, 0) is 14.3 Å². The van der Waals surface area contributed by atoms with Crippen molar-refractivity contribution in [2.75, 3.05) is 40.5 Å². The summed E-state index contributed by atoms with van der Waals surface area (Å²) in [4.78, 5) is 18.3. The summed E-state index contributed by atoms with van der Waals surface area (Å²) in [7, 11) is 3.27. The first kappa shape index (κ1) is 18.0. The van der Waals surface area contributed by atoms with E-state index < -0.39 is 0 Å². The van der Waals surface area contributed by atoms with Gasteiger partial charge < -0.3 is 19.2 Å². The van der Waals surface area contributed by atoms with Gasteiger partial charge in [-0.2, -0.15) is 0 Å². The van der Waals surface area contributed by atoms with E-state index in [2.05, 4.69) is 16.0 Å². The molecule has 1 fully saturated rings. The van der Waals surface area contributed by atoms with Gasteiger partial charge in [0.15, 0.2) is 0 Å². The standard InChI is InChI=1S/C18H22N2O4.ClH/c1-22-7-8-24-18(21)17-16-15(11-5-6-20(17)10-11)13-9-12(23-2)3-4-14(13)19-16;/h3-4,9,11,17,19H,5-8,10H2,1-2H3;1H. The average Bonchev–Trinajstić information content (AvgIpc) is 3.17. The van der Waals surface area contributed by atoms with Gasteiger partial charge in [0, 0.05) is 36.2 Å². The number of benzene rings is 1. The van der Waals surface area contributed by atoms with Crippen LogP contribution in [0.5, 0.6) is 5.75 Å². The van der Waals surface area contributed by atoms with E-state index in [1.54, 1.807) is 14.2 Å². The molecule has 4 rings (SSSR count). The quantitative estimate of drug-likeness (QED) is 0.651. The summed E-state index contributed by atoms with van der Waals surface area (Å²) in [6.45, 7) is 2.52. The summed E-state index contributed by atoms with van der Waals surface area (Å²) in [6, 6.07) is 5.66.